The van der Waals surface area contributed by atoms with Crippen LogP contribution < -0.4 is 5.32 Å². The van der Waals surface area contributed by atoms with Gasteiger partial charge in [-0.15, -0.1) is 0 Å². The maximum Gasteiger partial charge on any atom is 0.338 e. The van der Waals surface area contributed by atoms with Crippen LogP contribution in [0.1, 0.15) is 24.1 Å². The molecule has 0 saturated heterocycles. The van der Waals surface area contributed by atoms with Crippen LogP contribution in [-0.4, -0.2) is 25.8 Å². The fourth-order valence-corrected chi connectivity index (χ4v) is 3.16. The van der Waals surface area contributed by atoms with Crippen LogP contribution in [0.5, 0.6) is 5.75 Å². The molecule has 2 N–H and O–H groups in total. The van der Waals surface area contributed by atoms with Gasteiger partial charge < -0.3 is 15.2 Å². The number of allylic oxidation sites excluding steroid dienone is 1. The monoisotopic (exact) mass is 362 g/mol. The molecule has 7 nitrogen and oxygen atoms in total. The number of ether oxygens (including phenoxy) is 1. The smallest absolute Gasteiger partial charge is 0.338 e. The van der Waals surface area contributed by atoms with E-state index in [2.05, 4.69) is 15.4 Å². The molecule has 7 heteroatoms. The molecule has 1 aliphatic rings. The van der Waals surface area contributed by atoms with Gasteiger partial charge in [0.05, 0.1) is 5.57 Å². The van der Waals surface area contributed by atoms with E-state index in [0.717, 1.165) is 5.56 Å². The lowest BCUT2D eigenvalue weighted by atomic mass is 9.95. The van der Waals surface area contributed by atoms with Crippen molar-refractivity contribution in [1.29, 1.82) is 0 Å². The lowest BCUT2D eigenvalue weighted by Gasteiger charge is -2.28. The summed E-state index contributed by atoms with van der Waals surface area (Å²) < 4.78 is 7.16. The third kappa shape index (κ3) is 3.27. The number of aromatic hydroxyl groups is 1. The van der Waals surface area contributed by atoms with Crippen molar-refractivity contribution < 1.29 is 14.6 Å². The van der Waals surface area contributed by atoms with E-state index in [0.29, 0.717) is 22.8 Å². The second kappa shape index (κ2) is 6.95. The van der Waals surface area contributed by atoms with Crippen molar-refractivity contribution in [3.05, 3.63) is 83.3 Å². The van der Waals surface area contributed by atoms with Crippen molar-refractivity contribution in [2.45, 2.75) is 19.6 Å². The van der Waals surface area contributed by atoms with Crippen molar-refractivity contribution in [2.75, 3.05) is 5.32 Å². The Morgan fingerprint density at radius 1 is 1.22 bits per heavy atom. The second-order valence-corrected chi connectivity index (χ2v) is 6.25. The summed E-state index contributed by atoms with van der Waals surface area (Å²) in [6.45, 7) is 1.97. The average molecular weight is 362 g/mol. The van der Waals surface area contributed by atoms with Gasteiger partial charge in [0.2, 0.25) is 5.95 Å². The van der Waals surface area contributed by atoms with Crippen LogP contribution >= 0.6 is 0 Å². The first kappa shape index (κ1) is 16.8. The third-order valence-electron chi connectivity index (χ3n) is 4.41. The Labute approximate surface area is 155 Å². The van der Waals surface area contributed by atoms with Gasteiger partial charge in [-0.25, -0.2) is 9.48 Å². The lowest BCUT2D eigenvalue weighted by Crippen LogP contribution is -2.29. The zero-order valence-electron chi connectivity index (χ0n) is 14.7. The highest BCUT2D eigenvalue weighted by molar-refractivity contribution is 5.92. The Bertz CT molecular complexity index is 1010. The minimum Gasteiger partial charge on any atom is -0.508 e. The largest absolute Gasteiger partial charge is 0.508 e. The first-order chi connectivity index (χ1) is 13.1. The van der Waals surface area contributed by atoms with Crippen LogP contribution in [0.15, 0.2) is 72.2 Å². The quantitative estimate of drug-likeness (QED) is 0.694. The number of carbonyl (C=O) groups is 1. The molecule has 0 amide bonds. The van der Waals surface area contributed by atoms with Gasteiger partial charge >= 0.3 is 5.97 Å². The molecular formula is C20H18N4O3. The summed E-state index contributed by atoms with van der Waals surface area (Å²) in [6, 6.07) is 15.7. The number of phenols is 1. The first-order valence-corrected chi connectivity index (χ1v) is 8.51. The van der Waals surface area contributed by atoms with E-state index in [9.17, 15) is 9.90 Å². The molecule has 136 valence electrons. The van der Waals surface area contributed by atoms with Gasteiger partial charge in [0.1, 0.15) is 24.7 Å². The number of carbonyl (C=O) groups excluding carboxylic acids is 1. The number of phenolic OH excluding ortho intramolecular Hbond substituents is 1. The molecule has 1 aromatic heterocycles. The topological polar surface area (TPSA) is 89.3 Å². The second-order valence-electron chi connectivity index (χ2n) is 6.25. The van der Waals surface area contributed by atoms with Crippen LogP contribution in [-0.2, 0) is 16.1 Å². The Morgan fingerprint density at radius 2 is 2.04 bits per heavy atom. The normalized spacial score (nSPS) is 15.8. The number of anilines is 1. The van der Waals surface area contributed by atoms with Crippen LogP contribution in [0, 0.1) is 0 Å². The fourth-order valence-electron chi connectivity index (χ4n) is 3.16. The molecule has 1 atom stereocenters. The van der Waals surface area contributed by atoms with E-state index in [-0.39, 0.29) is 12.4 Å². The van der Waals surface area contributed by atoms with E-state index in [1.54, 1.807) is 29.8 Å². The van der Waals surface area contributed by atoms with Gasteiger partial charge in [0.15, 0.2) is 0 Å². The van der Waals surface area contributed by atoms with E-state index < -0.39 is 12.0 Å². The van der Waals surface area contributed by atoms with Crippen molar-refractivity contribution in [1.82, 2.24) is 14.8 Å². The summed E-state index contributed by atoms with van der Waals surface area (Å²) in [5.41, 5.74) is 2.69. The van der Waals surface area contributed by atoms with Gasteiger partial charge in [-0.2, -0.15) is 10.1 Å². The van der Waals surface area contributed by atoms with Crippen molar-refractivity contribution in [2.24, 2.45) is 0 Å². The predicted molar refractivity (Wildman–Crippen MR) is 98.8 cm³/mol. The minimum absolute atomic E-state index is 0.113. The van der Waals surface area contributed by atoms with Gasteiger partial charge in [-0.1, -0.05) is 42.5 Å². The summed E-state index contributed by atoms with van der Waals surface area (Å²) in [7, 11) is 0. The van der Waals surface area contributed by atoms with Crippen LogP contribution in [0.2, 0.25) is 0 Å². The molecule has 2 heterocycles. The number of fused-ring (bicyclic) bond motifs is 1. The van der Waals surface area contributed by atoms with E-state index >= 15 is 0 Å². The number of nitrogens with one attached hydrogen (secondary N) is 1. The minimum atomic E-state index is -0.542. The van der Waals surface area contributed by atoms with Crippen LogP contribution in [0.3, 0.4) is 0 Å². The van der Waals surface area contributed by atoms with Crippen LogP contribution in [0.25, 0.3) is 0 Å². The van der Waals surface area contributed by atoms with E-state index in [1.165, 1.54) is 6.33 Å². The molecule has 0 spiro atoms. The first-order valence-electron chi connectivity index (χ1n) is 8.51. The van der Waals surface area contributed by atoms with Gasteiger partial charge in [0, 0.05) is 5.70 Å². The summed E-state index contributed by atoms with van der Waals surface area (Å²) >= 11 is 0. The molecular weight excluding hydrogens is 344 g/mol. The fraction of sp³-hybridized carbons (Fsp3) is 0.150. The Morgan fingerprint density at radius 3 is 2.81 bits per heavy atom. The molecule has 1 unspecified atom stereocenters. The maximum atomic E-state index is 12.9. The van der Waals surface area contributed by atoms with E-state index in [1.807, 2.05) is 36.4 Å². The average Bonchev–Trinajstić information content (AvgIpc) is 3.13. The lowest BCUT2D eigenvalue weighted by molar-refractivity contribution is -0.140. The molecule has 0 radical (unpaired) electrons. The number of hydrogen-bond donors (Lipinski definition) is 2. The molecule has 1 aliphatic heterocycles. The van der Waals surface area contributed by atoms with Gasteiger partial charge in [0.25, 0.3) is 0 Å². The van der Waals surface area contributed by atoms with Gasteiger partial charge in [-0.3, -0.25) is 0 Å². The molecule has 2 aromatic carbocycles. The van der Waals surface area contributed by atoms with Crippen molar-refractivity contribution >= 4 is 11.9 Å². The zero-order chi connectivity index (χ0) is 18.8. The molecule has 0 saturated carbocycles. The Hall–Kier alpha value is -3.61. The van der Waals surface area contributed by atoms with Crippen molar-refractivity contribution in [3.63, 3.8) is 0 Å². The predicted octanol–water partition coefficient (Wildman–Crippen LogP) is 3.02. The number of hydrogen-bond acceptors (Lipinski definition) is 6. The molecule has 0 aliphatic carbocycles. The SMILES string of the molecule is CC1=C(C(=O)OCc2ccccc2)C(c2cccc(O)c2)n2ncnc2N1. The number of aromatic nitrogens is 3. The van der Waals surface area contributed by atoms with Gasteiger partial charge in [-0.05, 0) is 30.2 Å². The highest BCUT2D eigenvalue weighted by Crippen LogP contribution is 2.36. The number of esters is 1. The highest BCUT2D eigenvalue weighted by Gasteiger charge is 2.34. The van der Waals surface area contributed by atoms with Crippen LogP contribution in [0.4, 0.5) is 5.95 Å². The molecule has 3 aromatic rings. The molecule has 0 fully saturated rings. The maximum absolute atomic E-state index is 12.9. The highest BCUT2D eigenvalue weighted by atomic mass is 16.5. The summed E-state index contributed by atoms with van der Waals surface area (Å²) in [5, 5.41) is 17.2. The standard InChI is InChI=1S/C20H18N4O3/c1-13-17(19(26)27-11-14-6-3-2-4-7-14)18(15-8-5-9-16(25)10-15)24-20(23-13)21-12-22-24/h2-10,12,18,25H,11H2,1H3,(H,21,22,23). The van der Waals surface area contributed by atoms with E-state index in [4.69, 9.17) is 4.74 Å². The zero-order valence-corrected chi connectivity index (χ0v) is 14.7. The molecule has 4 rings (SSSR count). The molecule has 27 heavy (non-hydrogen) atoms. The Kier molecular flexibility index (Phi) is 4.33. The molecule has 0 bridgehead atoms. The van der Waals surface area contributed by atoms with Crippen molar-refractivity contribution in [3.8, 4) is 5.75 Å². The summed E-state index contributed by atoms with van der Waals surface area (Å²) in [4.78, 5) is 17.1. The number of rotatable bonds is 4. The number of nitrogens with zero attached hydrogens (tertiary/aromatic N) is 3. The number of benzene rings is 2. The summed E-state index contributed by atoms with van der Waals surface area (Å²) in [5.74, 6) is 0.196. The summed E-state index contributed by atoms with van der Waals surface area (Å²) in [6.07, 6.45) is 1.42. The third-order valence-corrected chi connectivity index (χ3v) is 4.41. The Balaban J connectivity index is 1.69.